The molecule has 1 aromatic carbocycles. The summed E-state index contributed by atoms with van der Waals surface area (Å²) < 4.78 is 0. The normalized spacial score (nSPS) is 16.5. The van der Waals surface area contributed by atoms with Gasteiger partial charge in [-0.05, 0) is 57.1 Å². The second kappa shape index (κ2) is 6.73. The van der Waals surface area contributed by atoms with Gasteiger partial charge in [-0.1, -0.05) is 6.92 Å². The van der Waals surface area contributed by atoms with Crippen molar-refractivity contribution >= 4 is 22.5 Å². The molecule has 1 aromatic heterocycles. The number of carbonyl (C=O) groups is 1. The van der Waals surface area contributed by atoms with Crippen LogP contribution in [-0.2, 0) is 6.42 Å². The van der Waals surface area contributed by atoms with Gasteiger partial charge in [0.25, 0.3) is 5.91 Å². The first-order valence-electron chi connectivity index (χ1n) is 8.58. The van der Waals surface area contributed by atoms with Crippen molar-refractivity contribution in [2.75, 3.05) is 32.5 Å². The quantitative estimate of drug-likeness (QED) is 0.693. The Morgan fingerprint density at radius 2 is 2.08 bits per heavy atom. The summed E-state index contributed by atoms with van der Waals surface area (Å²) in [6.07, 6.45) is 2.75. The number of amides is 1. The molecule has 0 spiro atoms. The topological polar surface area (TPSA) is 80.4 Å². The van der Waals surface area contributed by atoms with Gasteiger partial charge in [-0.2, -0.15) is 0 Å². The van der Waals surface area contributed by atoms with E-state index < -0.39 is 0 Å². The molecule has 6 nitrogen and oxygen atoms in total. The van der Waals surface area contributed by atoms with E-state index in [-0.39, 0.29) is 23.4 Å². The van der Waals surface area contributed by atoms with Crippen molar-refractivity contribution in [1.29, 1.82) is 0 Å². The molecule has 0 bridgehead atoms. The van der Waals surface area contributed by atoms with Crippen LogP contribution < -0.4 is 10.6 Å². The second-order valence-electron chi connectivity index (χ2n) is 6.56. The van der Waals surface area contributed by atoms with Gasteiger partial charge in [-0.3, -0.25) is 4.79 Å². The highest BCUT2D eigenvalue weighted by Gasteiger charge is 2.23. The molecule has 2 heterocycles. The Labute approximate surface area is 142 Å². The fourth-order valence-corrected chi connectivity index (χ4v) is 3.37. The van der Waals surface area contributed by atoms with Gasteiger partial charge in [0, 0.05) is 24.2 Å². The van der Waals surface area contributed by atoms with E-state index in [2.05, 4.69) is 34.5 Å². The number of H-pyrrole nitrogens is 1. The summed E-state index contributed by atoms with van der Waals surface area (Å²) in [6, 6.07) is 4.05. The number of aryl methyl sites for hydroxylation is 1. The minimum absolute atomic E-state index is 0.0228. The zero-order valence-electron chi connectivity index (χ0n) is 14.6. The van der Waals surface area contributed by atoms with E-state index in [0.717, 1.165) is 49.1 Å². The third-order valence-electron chi connectivity index (χ3n) is 4.93. The minimum atomic E-state index is -0.234. The van der Waals surface area contributed by atoms with E-state index >= 15 is 0 Å². The van der Waals surface area contributed by atoms with Gasteiger partial charge in [-0.15, -0.1) is 0 Å². The average Bonchev–Trinajstić information content (AvgIpc) is 2.91. The lowest BCUT2D eigenvalue weighted by Crippen LogP contribution is -2.43. The highest BCUT2D eigenvalue weighted by atomic mass is 16.3. The zero-order chi connectivity index (χ0) is 17.3. The standard InChI is InChI=1S/C18H26N4O2/c1-4-11-9-15-13(10-14(11)19-2)17(23)16(21-15)18(24)20-12-5-7-22(3)8-6-12/h9-10,12,19,21,23H,4-8H2,1-3H3,(H,20,24). The zero-order valence-corrected chi connectivity index (χ0v) is 14.6. The van der Waals surface area contributed by atoms with Crippen LogP contribution >= 0.6 is 0 Å². The van der Waals surface area contributed by atoms with Crippen LogP contribution in [0.5, 0.6) is 5.75 Å². The summed E-state index contributed by atoms with van der Waals surface area (Å²) in [5, 5.41) is 17.3. The number of fused-ring (bicyclic) bond motifs is 1. The molecule has 1 fully saturated rings. The summed E-state index contributed by atoms with van der Waals surface area (Å²) in [4.78, 5) is 17.9. The van der Waals surface area contributed by atoms with Gasteiger partial charge in [-0.25, -0.2) is 0 Å². The molecule has 0 radical (unpaired) electrons. The molecular weight excluding hydrogens is 304 g/mol. The Morgan fingerprint density at radius 3 is 2.71 bits per heavy atom. The van der Waals surface area contributed by atoms with Crippen LogP contribution in [0.4, 0.5) is 5.69 Å². The number of nitrogens with one attached hydrogen (secondary N) is 3. The molecule has 130 valence electrons. The summed E-state index contributed by atoms with van der Waals surface area (Å²) >= 11 is 0. The molecule has 0 aliphatic carbocycles. The number of piperidine rings is 1. The second-order valence-corrected chi connectivity index (χ2v) is 6.56. The predicted molar refractivity (Wildman–Crippen MR) is 96.9 cm³/mol. The number of nitrogens with zero attached hydrogens (tertiary/aromatic N) is 1. The van der Waals surface area contributed by atoms with Crippen molar-refractivity contribution in [3.63, 3.8) is 0 Å². The number of aromatic hydroxyl groups is 1. The maximum absolute atomic E-state index is 12.6. The van der Waals surface area contributed by atoms with E-state index in [9.17, 15) is 9.90 Å². The fraction of sp³-hybridized carbons (Fsp3) is 0.500. The number of anilines is 1. The molecule has 1 amide bonds. The Balaban J connectivity index is 1.86. The van der Waals surface area contributed by atoms with Crippen molar-refractivity contribution in [3.05, 3.63) is 23.4 Å². The van der Waals surface area contributed by atoms with Crippen molar-refractivity contribution in [2.45, 2.75) is 32.2 Å². The SMILES string of the molecule is CCc1cc2[nH]c(C(=O)NC3CCN(C)CC3)c(O)c2cc1NC. The predicted octanol–water partition coefficient (Wildman–Crippen LogP) is 2.30. The molecule has 0 saturated carbocycles. The third-order valence-corrected chi connectivity index (χ3v) is 4.93. The molecule has 24 heavy (non-hydrogen) atoms. The van der Waals surface area contributed by atoms with Crippen LogP contribution in [0.25, 0.3) is 10.9 Å². The molecule has 4 N–H and O–H groups in total. The Bertz CT molecular complexity index is 745. The van der Waals surface area contributed by atoms with Crippen LogP contribution in [0, 0.1) is 0 Å². The maximum atomic E-state index is 12.6. The molecule has 1 aliphatic rings. The molecule has 0 unspecified atom stereocenters. The fourth-order valence-electron chi connectivity index (χ4n) is 3.37. The van der Waals surface area contributed by atoms with E-state index in [4.69, 9.17) is 0 Å². The summed E-state index contributed by atoms with van der Waals surface area (Å²) in [6.45, 7) is 4.04. The first kappa shape index (κ1) is 16.6. The number of carbonyl (C=O) groups excluding carboxylic acids is 1. The maximum Gasteiger partial charge on any atom is 0.271 e. The Kier molecular flexibility index (Phi) is 4.66. The first-order valence-corrected chi connectivity index (χ1v) is 8.58. The van der Waals surface area contributed by atoms with Crippen molar-refractivity contribution < 1.29 is 9.90 Å². The van der Waals surface area contributed by atoms with Crippen molar-refractivity contribution in [1.82, 2.24) is 15.2 Å². The van der Waals surface area contributed by atoms with Crippen LogP contribution in [0.2, 0.25) is 0 Å². The largest absolute Gasteiger partial charge is 0.505 e. The number of aromatic amines is 1. The van der Waals surface area contributed by atoms with E-state index in [1.807, 2.05) is 19.2 Å². The van der Waals surface area contributed by atoms with Gasteiger partial charge >= 0.3 is 0 Å². The van der Waals surface area contributed by atoms with E-state index in [1.54, 1.807) is 0 Å². The molecule has 6 heteroatoms. The van der Waals surface area contributed by atoms with Crippen LogP contribution in [0.1, 0.15) is 35.8 Å². The smallest absolute Gasteiger partial charge is 0.271 e. The monoisotopic (exact) mass is 330 g/mol. The number of aromatic nitrogens is 1. The lowest BCUT2D eigenvalue weighted by molar-refractivity contribution is 0.0910. The van der Waals surface area contributed by atoms with Crippen LogP contribution in [0.3, 0.4) is 0 Å². The Hall–Kier alpha value is -2.21. The van der Waals surface area contributed by atoms with Crippen molar-refractivity contribution in [2.24, 2.45) is 0 Å². The van der Waals surface area contributed by atoms with Gasteiger partial charge in [0.1, 0.15) is 5.69 Å². The van der Waals surface area contributed by atoms with Crippen molar-refractivity contribution in [3.8, 4) is 5.75 Å². The number of rotatable bonds is 4. The Morgan fingerprint density at radius 1 is 1.38 bits per heavy atom. The molecule has 1 aliphatic heterocycles. The number of hydrogen-bond acceptors (Lipinski definition) is 4. The van der Waals surface area contributed by atoms with E-state index in [0.29, 0.717) is 5.39 Å². The van der Waals surface area contributed by atoms with Gasteiger partial charge < -0.3 is 25.6 Å². The van der Waals surface area contributed by atoms with Gasteiger partial charge in [0.2, 0.25) is 0 Å². The van der Waals surface area contributed by atoms with Gasteiger partial charge in [0.15, 0.2) is 5.75 Å². The average molecular weight is 330 g/mol. The lowest BCUT2D eigenvalue weighted by atomic mass is 10.1. The molecule has 3 rings (SSSR count). The van der Waals surface area contributed by atoms with Gasteiger partial charge in [0.05, 0.1) is 5.52 Å². The molecular formula is C18H26N4O2. The number of hydrogen-bond donors (Lipinski definition) is 4. The summed E-state index contributed by atoms with van der Waals surface area (Å²) in [5.41, 5.74) is 3.16. The van der Waals surface area contributed by atoms with E-state index in [1.165, 1.54) is 0 Å². The summed E-state index contributed by atoms with van der Waals surface area (Å²) in [7, 11) is 3.95. The molecule has 0 atom stereocenters. The lowest BCUT2D eigenvalue weighted by Gasteiger charge is -2.29. The molecule has 1 saturated heterocycles. The highest BCUT2D eigenvalue weighted by Crippen LogP contribution is 2.33. The van der Waals surface area contributed by atoms with Crippen LogP contribution in [0.15, 0.2) is 12.1 Å². The third kappa shape index (κ3) is 3.06. The first-order chi connectivity index (χ1) is 11.5. The highest BCUT2D eigenvalue weighted by molar-refractivity contribution is 6.04. The minimum Gasteiger partial charge on any atom is -0.505 e. The molecule has 2 aromatic rings. The number of benzene rings is 1. The van der Waals surface area contributed by atoms with Crippen LogP contribution in [-0.4, -0.2) is 54.1 Å². The number of likely N-dealkylation sites (tertiary alicyclic amines) is 1. The summed E-state index contributed by atoms with van der Waals surface area (Å²) in [5.74, 6) is -0.211.